The van der Waals surface area contributed by atoms with Gasteiger partial charge >= 0.3 is 11.8 Å². The number of hydrogen-bond acceptors (Lipinski definition) is 5. The van der Waals surface area contributed by atoms with E-state index in [4.69, 9.17) is 9.26 Å². The van der Waals surface area contributed by atoms with Crippen molar-refractivity contribution in [3.63, 3.8) is 0 Å². The fourth-order valence-electron chi connectivity index (χ4n) is 2.13. The first kappa shape index (κ1) is 16.7. The maximum absolute atomic E-state index is 11.9. The number of nitrogens with zero attached hydrogens (tertiary/aromatic N) is 1. The minimum atomic E-state index is -0.807. The van der Waals surface area contributed by atoms with E-state index in [9.17, 15) is 9.59 Å². The molecular formula is C16H19N3O4. The number of carbonyl (C=O) groups is 2. The van der Waals surface area contributed by atoms with Crippen molar-refractivity contribution in [2.24, 2.45) is 0 Å². The fraction of sp³-hybridized carbons (Fsp3) is 0.312. The van der Waals surface area contributed by atoms with Gasteiger partial charge in [-0.1, -0.05) is 29.4 Å². The summed E-state index contributed by atoms with van der Waals surface area (Å²) in [5.74, 6) is -0.830. The van der Waals surface area contributed by atoms with Crippen LogP contribution in [0, 0.1) is 13.8 Å². The van der Waals surface area contributed by atoms with Gasteiger partial charge in [0.1, 0.15) is 5.76 Å². The van der Waals surface area contributed by atoms with Gasteiger partial charge < -0.3 is 14.6 Å². The van der Waals surface area contributed by atoms with Gasteiger partial charge in [-0.05, 0) is 25.0 Å². The van der Waals surface area contributed by atoms with E-state index in [1.165, 1.54) is 6.07 Å². The maximum Gasteiger partial charge on any atom is 0.314 e. The number of aromatic nitrogens is 1. The van der Waals surface area contributed by atoms with Crippen LogP contribution in [0.3, 0.4) is 0 Å². The molecule has 122 valence electrons. The number of methoxy groups -OCH3 is 1. The number of amides is 2. The molecule has 1 heterocycles. The van der Waals surface area contributed by atoms with Gasteiger partial charge in [0.25, 0.3) is 0 Å². The summed E-state index contributed by atoms with van der Waals surface area (Å²) >= 11 is 0. The molecule has 7 heteroatoms. The van der Waals surface area contributed by atoms with Crippen LogP contribution in [-0.4, -0.2) is 30.6 Å². The molecule has 2 amide bonds. The number of hydrogen-bond donors (Lipinski definition) is 2. The van der Waals surface area contributed by atoms with Crippen LogP contribution < -0.4 is 10.6 Å². The molecule has 23 heavy (non-hydrogen) atoms. The minimum Gasteiger partial charge on any atom is -0.375 e. The highest BCUT2D eigenvalue weighted by atomic mass is 16.5. The zero-order chi connectivity index (χ0) is 16.8. The van der Waals surface area contributed by atoms with Crippen molar-refractivity contribution in [3.8, 4) is 0 Å². The monoisotopic (exact) mass is 317 g/mol. The second kappa shape index (κ2) is 7.55. The normalized spacial score (nSPS) is 11.8. The maximum atomic E-state index is 11.9. The van der Waals surface area contributed by atoms with E-state index < -0.39 is 11.8 Å². The van der Waals surface area contributed by atoms with Crippen molar-refractivity contribution >= 4 is 17.6 Å². The number of nitrogens with one attached hydrogen (secondary N) is 2. The molecule has 0 aliphatic carbocycles. The SMILES string of the molecule is CO[C@@H](CNC(=O)C(=O)Nc1cc(C)on1)c1ccccc1C. The third-order valence-electron chi connectivity index (χ3n) is 3.34. The number of carbonyl (C=O) groups excluding carboxylic acids is 2. The van der Waals surface area contributed by atoms with Gasteiger partial charge in [0.05, 0.1) is 6.10 Å². The van der Waals surface area contributed by atoms with Crippen LogP contribution in [0.15, 0.2) is 34.9 Å². The van der Waals surface area contributed by atoms with Crippen LogP contribution in [0.25, 0.3) is 0 Å². The van der Waals surface area contributed by atoms with Crippen molar-refractivity contribution in [1.29, 1.82) is 0 Å². The highest BCUT2D eigenvalue weighted by Gasteiger charge is 2.19. The van der Waals surface area contributed by atoms with E-state index in [0.717, 1.165) is 11.1 Å². The number of rotatable bonds is 5. The number of anilines is 1. The molecule has 0 aliphatic heterocycles. The Morgan fingerprint density at radius 2 is 2.00 bits per heavy atom. The van der Waals surface area contributed by atoms with Gasteiger partial charge in [-0.2, -0.15) is 0 Å². The number of benzene rings is 1. The zero-order valence-electron chi connectivity index (χ0n) is 13.3. The van der Waals surface area contributed by atoms with Crippen LogP contribution >= 0.6 is 0 Å². The molecule has 2 aromatic rings. The second-order valence-electron chi connectivity index (χ2n) is 5.07. The van der Waals surface area contributed by atoms with E-state index in [-0.39, 0.29) is 18.5 Å². The average Bonchev–Trinajstić information content (AvgIpc) is 2.94. The first-order valence-electron chi connectivity index (χ1n) is 7.12. The quantitative estimate of drug-likeness (QED) is 0.819. The standard InChI is InChI=1S/C16H19N3O4/c1-10-6-4-5-7-12(10)13(22-3)9-17-15(20)16(21)18-14-8-11(2)23-19-14/h4-8,13H,9H2,1-3H3,(H,17,20)(H,18,19,21)/t13-/m0/s1. The minimum absolute atomic E-state index is 0.186. The Bertz CT molecular complexity index is 696. The van der Waals surface area contributed by atoms with Crippen molar-refractivity contribution in [2.45, 2.75) is 20.0 Å². The molecular weight excluding hydrogens is 298 g/mol. The van der Waals surface area contributed by atoms with E-state index in [1.807, 2.05) is 31.2 Å². The molecule has 0 saturated heterocycles. The second-order valence-corrected chi connectivity index (χ2v) is 5.07. The van der Waals surface area contributed by atoms with Gasteiger partial charge in [0.15, 0.2) is 5.82 Å². The van der Waals surface area contributed by atoms with Gasteiger partial charge in [-0.15, -0.1) is 0 Å². The van der Waals surface area contributed by atoms with Gasteiger partial charge in [-0.25, -0.2) is 0 Å². The average molecular weight is 317 g/mol. The third-order valence-corrected chi connectivity index (χ3v) is 3.34. The molecule has 1 atom stereocenters. The Labute approximate surface area is 134 Å². The molecule has 0 radical (unpaired) electrons. The van der Waals surface area contributed by atoms with Crippen molar-refractivity contribution in [3.05, 3.63) is 47.2 Å². The summed E-state index contributed by atoms with van der Waals surface area (Å²) in [7, 11) is 1.56. The molecule has 2 N–H and O–H groups in total. The van der Waals surface area contributed by atoms with Crippen molar-refractivity contribution in [2.75, 3.05) is 19.0 Å². The zero-order valence-corrected chi connectivity index (χ0v) is 13.3. The van der Waals surface area contributed by atoms with Crippen LogP contribution in [0.5, 0.6) is 0 Å². The predicted octanol–water partition coefficient (Wildman–Crippen LogP) is 1.73. The first-order valence-corrected chi connectivity index (χ1v) is 7.12. The largest absolute Gasteiger partial charge is 0.375 e. The summed E-state index contributed by atoms with van der Waals surface area (Å²) in [5, 5.41) is 8.51. The van der Waals surface area contributed by atoms with Crippen molar-refractivity contribution in [1.82, 2.24) is 10.5 Å². The Morgan fingerprint density at radius 3 is 2.61 bits per heavy atom. The van der Waals surface area contributed by atoms with Crippen LogP contribution in [-0.2, 0) is 14.3 Å². The summed E-state index contributed by atoms with van der Waals surface area (Å²) in [6.07, 6.45) is -0.331. The number of ether oxygens (including phenoxy) is 1. The molecule has 2 rings (SSSR count). The van der Waals surface area contributed by atoms with E-state index in [2.05, 4.69) is 15.8 Å². The highest BCUT2D eigenvalue weighted by molar-refractivity contribution is 6.39. The molecule has 0 fully saturated rings. The molecule has 0 spiro atoms. The Kier molecular flexibility index (Phi) is 5.48. The molecule has 0 bridgehead atoms. The van der Waals surface area contributed by atoms with Crippen LogP contribution in [0.2, 0.25) is 0 Å². The van der Waals surface area contributed by atoms with Gasteiger partial charge in [0.2, 0.25) is 0 Å². The lowest BCUT2D eigenvalue weighted by atomic mass is 10.0. The highest BCUT2D eigenvalue weighted by Crippen LogP contribution is 2.19. The summed E-state index contributed by atoms with van der Waals surface area (Å²) in [6, 6.07) is 9.24. The summed E-state index contributed by atoms with van der Waals surface area (Å²) in [5.41, 5.74) is 2.01. The first-order chi connectivity index (χ1) is 11.0. The smallest absolute Gasteiger partial charge is 0.314 e. The van der Waals surface area contributed by atoms with Crippen molar-refractivity contribution < 1.29 is 18.8 Å². The topological polar surface area (TPSA) is 93.5 Å². The van der Waals surface area contributed by atoms with Crippen LogP contribution in [0.1, 0.15) is 23.0 Å². The van der Waals surface area contributed by atoms with Gasteiger partial charge in [-0.3, -0.25) is 14.9 Å². The fourth-order valence-corrected chi connectivity index (χ4v) is 2.13. The Hall–Kier alpha value is -2.67. The molecule has 0 saturated carbocycles. The summed E-state index contributed by atoms with van der Waals surface area (Å²) < 4.78 is 10.2. The van der Waals surface area contributed by atoms with Gasteiger partial charge in [0, 0.05) is 19.7 Å². The molecule has 0 unspecified atom stereocenters. The molecule has 0 aliphatic rings. The molecule has 1 aromatic carbocycles. The lowest BCUT2D eigenvalue weighted by Crippen LogP contribution is -2.38. The molecule has 7 nitrogen and oxygen atoms in total. The lowest BCUT2D eigenvalue weighted by molar-refractivity contribution is -0.136. The summed E-state index contributed by atoms with van der Waals surface area (Å²) in [6.45, 7) is 3.84. The lowest BCUT2D eigenvalue weighted by Gasteiger charge is -2.18. The van der Waals surface area contributed by atoms with Crippen LogP contribution in [0.4, 0.5) is 5.82 Å². The Morgan fingerprint density at radius 1 is 1.26 bits per heavy atom. The summed E-state index contributed by atoms with van der Waals surface area (Å²) in [4.78, 5) is 23.6. The third kappa shape index (κ3) is 4.40. The predicted molar refractivity (Wildman–Crippen MR) is 83.8 cm³/mol. The van der Waals surface area contributed by atoms with E-state index in [1.54, 1.807) is 14.0 Å². The molecule has 1 aromatic heterocycles. The van der Waals surface area contributed by atoms with E-state index in [0.29, 0.717) is 5.76 Å². The Balaban J connectivity index is 1.92. The number of aryl methyl sites for hydroxylation is 2. The van der Waals surface area contributed by atoms with E-state index >= 15 is 0 Å².